The van der Waals surface area contributed by atoms with E-state index in [-0.39, 0.29) is 0 Å². The highest BCUT2D eigenvalue weighted by atomic mass is 14.4. The summed E-state index contributed by atoms with van der Waals surface area (Å²) in [6.07, 6.45) is 1.84. The van der Waals surface area contributed by atoms with Crippen molar-refractivity contribution < 1.29 is 10.8 Å². The summed E-state index contributed by atoms with van der Waals surface area (Å²) in [5.74, 6) is 0. The van der Waals surface area contributed by atoms with Gasteiger partial charge in [0.25, 0.3) is 0 Å². The second-order valence-electron chi connectivity index (χ2n) is 2.19. The van der Waals surface area contributed by atoms with Crippen LogP contribution in [0, 0.1) is 0 Å². The second kappa shape index (κ2) is 3.36. The van der Waals surface area contributed by atoms with Gasteiger partial charge in [0.1, 0.15) is 11.4 Å². The summed E-state index contributed by atoms with van der Waals surface area (Å²) >= 11 is 0. The van der Waals surface area contributed by atoms with Crippen LogP contribution in [0.4, 0.5) is 0 Å². The Balaban J connectivity index is 3.18. The normalized spacial score (nSPS) is 8.75. The van der Waals surface area contributed by atoms with Gasteiger partial charge in [0, 0.05) is 26.7 Å². The van der Waals surface area contributed by atoms with E-state index < -0.39 is 0 Å². The van der Waals surface area contributed by atoms with Crippen molar-refractivity contribution in [3.63, 3.8) is 0 Å². The summed E-state index contributed by atoms with van der Waals surface area (Å²) in [6.45, 7) is 3.81. The van der Waals surface area contributed by atoms with Crippen LogP contribution in [0.1, 0.15) is 26.7 Å². The Kier molecular flexibility index (Phi) is 3.08. The first-order valence-electron chi connectivity index (χ1n) is 2.78. The van der Waals surface area contributed by atoms with Gasteiger partial charge < -0.3 is 0 Å². The van der Waals surface area contributed by atoms with Gasteiger partial charge >= 0.3 is 0 Å². The lowest BCUT2D eigenvalue weighted by Gasteiger charge is -1.84. The molecule has 0 radical (unpaired) electrons. The summed E-state index contributed by atoms with van der Waals surface area (Å²) in [5.41, 5.74) is 1.91. The maximum atomic E-state index is 5.39. The molecule has 0 heterocycles. The molecule has 4 N–H and O–H groups in total. The predicted octanol–water partition coefficient (Wildman–Crippen LogP) is -1.79. The quantitative estimate of drug-likeness (QED) is 0.407. The van der Waals surface area contributed by atoms with Gasteiger partial charge in [0.2, 0.25) is 0 Å². The SMILES string of the molecule is CC(=[NH2+])CCC(C)=[NH2+]. The van der Waals surface area contributed by atoms with E-state index in [4.69, 9.17) is 10.8 Å². The first-order chi connectivity index (χ1) is 3.63. The average molecular weight is 114 g/mol. The zero-order valence-electron chi connectivity index (χ0n) is 5.57. The first-order valence-corrected chi connectivity index (χ1v) is 2.78. The molecule has 0 aromatic heterocycles. The number of hydrogen-bond acceptors (Lipinski definition) is 0. The minimum Gasteiger partial charge on any atom is -0.262 e. The molecule has 0 spiro atoms. The zero-order chi connectivity index (χ0) is 6.57. The molecule has 0 aliphatic carbocycles. The van der Waals surface area contributed by atoms with Crippen LogP contribution >= 0.6 is 0 Å². The summed E-state index contributed by atoms with van der Waals surface area (Å²) in [5, 5.41) is 10.8. The largest absolute Gasteiger partial charge is 0.262 e. The third kappa shape index (κ3) is 5.34. The third-order valence-corrected chi connectivity index (χ3v) is 0.914. The van der Waals surface area contributed by atoms with E-state index in [1.807, 2.05) is 13.8 Å². The van der Waals surface area contributed by atoms with Gasteiger partial charge in [-0.1, -0.05) is 0 Å². The van der Waals surface area contributed by atoms with Crippen molar-refractivity contribution in [3.8, 4) is 0 Å². The van der Waals surface area contributed by atoms with Crippen molar-refractivity contribution >= 4 is 11.4 Å². The summed E-state index contributed by atoms with van der Waals surface area (Å²) < 4.78 is 0. The zero-order valence-corrected chi connectivity index (χ0v) is 5.57. The lowest BCUT2D eigenvalue weighted by Crippen LogP contribution is -2.41. The van der Waals surface area contributed by atoms with Crippen LogP contribution in [0.3, 0.4) is 0 Å². The summed E-state index contributed by atoms with van der Waals surface area (Å²) in [7, 11) is 0. The van der Waals surface area contributed by atoms with Crippen molar-refractivity contribution in [3.05, 3.63) is 0 Å². The molecule has 46 valence electrons. The average Bonchev–Trinajstić information content (AvgIpc) is 1.61. The predicted molar refractivity (Wildman–Crippen MR) is 34.4 cm³/mol. The molecule has 8 heavy (non-hydrogen) atoms. The van der Waals surface area contributed by atoms with Crippen molar-refractivity contribution in [1.82, 2.24) is 0 Å². The number of nitrogens with two attached hydrogens (primary N) is 2. The molecule has 0 saturated heterocycles. The Morgan fingerprint density at radius 1 is 1.00 bits per heavy atom. The third-order valence-electron chi connectivity index (χ3n) is 0.914. The topological polar surface area (TPSA) is 51.2 Å². The molecule has 0 fully saturated rings. The highest BCUT2D eigenvalue weighted by Crippen LogP contribution is 1.85. The van der Waals surface area contributed by atoms with E-state index >= 15 is 0 Å². The minimum atomic E-state index is 0.919. The Morgan fingerprint density at radius 2 is 1.25 bits per heavy atom. The fourth-order valence-electron chi connectivity index (χ4n) is 0.394. The molecule has 0 aromatic carbocycles. The Bertz CT molecular complexity index is 91.1. The lowest BCUT2D eigenvalue weighted by molar-refractivity contribution is -0.122. The van der Waals surface area contributed by atoms with Gasteiger partial charge in [-0.15, -0.1) is 0 Å². The molecule has 2 heteroatoms. The highest BCUT2D eigenvalue weighted by molar-refractivity contribution is 5.83. The summed E-state index contributed by atoms with van der Waals surface area (Å²) in [6, 6.07) is 0. The van der Waals surface area contributed by atoms with Crippen molar-refractivity contribution in [2.24, 2.45) is 0 Å². The molecule has 2 nitrogen and oxygen atoms in total. The van der Waals surface area contributed by atoms with Crippen LogP contribution < -0.4 is 10.8 Å². The van der Waals surface area contributed by atoms with Crippen LogP contribution in [-0.2, 0) is 0 Å². The molecule has 0 aromatic rings. The molecule has 0 rings (SSSR count). The van der Waals surface area contributed by atoms with E-state index in [1.165, 1.54) is 0 Å². The van der Waals surface area contributed by atoms with E-state index in [2.05, 4.69) is 0 Å². The van der Waals surface area contributed by atoms with Crippen LogP contribution in [0.25, 0.3) is 0 Å². The number of hydrogen-bond donors (Lipinski definition) is 2. The first kappa shape index (κ1) is 7.34. The van der Waals surface area contributed by atoms with Gasteiger partial charge in [-0.3, -0.25) is 10.8 Å². The monoisotopic (exact) mass is 114 g/mol. The Morgan fingerprint density at radius 3 is 1.38 bits per heavy atom. The standard InChI is InChI=1S/C6H12N2/c1-5(7)3-4-6(2)8/h7-8H,3-4H2,1-2H3/p+2. The molecular formula is C6H14N2+2. The molecule has 0 saturated carbocycles. The Hall–Kier alpha value is -0.660. The fraction of sp³-hybridized carbons (Fsp3) is 0.667. The van der Waals surface area contributed by atoms with Gasteiger partial charge in [-0.25, -0.2) is 0 Å². The van der Waals surface area contributed by atoms with Gasteiger partial charge in [-0.2, -0.15) is 0 Å². The van der Waals surface area contributed by atoms with Crippen molar-refractivity contribution in [1.29, 1.82) is 0 Å². The van der Waals surface area contributed by atoms with Crippen LogP contribution in [0.15, 0.2) is 0 Å². The van der Waals surface area contributed by atoms with Crippen molar-refractivity contribution in [2.45, 2.75) is 26.7 Å². The molecule has 0 unspecified atom stereocenters. The van der Waals surface area contributed by atoms with E-state index in [9.17, 15) is 0 Å². The van der Waals surface area contributed by atoms with Crippen LogP contribution in [-0.4, -0.2) is 11.4 Å². The molecule has 0 amide bonds. The van der Waals surface area contributed by atoms with Crippen molar-refractivity contribution in [2.75, 3.05) is 0 Å². The molecule has 0 aliphatic heterocycles. The summed E-state index contributed by atoms with van der Waals surface area (Å²) in [4.78, 5) is 0. The Labute approximate surface area is 49.9 Å². The fourth-order valence-corrected chi connectivity index (χ4v) is 0.394. The van der Waals surface area contributed by atoms with Gasteiger partial charge in [0.15, 0.2) is 0 Å². The minimum absolute atomic E-state index is 0.919. The second-order valence-corrected chi connectivity index (χ2v) is 2.19. The van der Waals surface area contributed by atoms with Gasteiger partial charge in [-0.05, 0) is 0 Å². The maximum absolute atomic E-state index is 5.39. The van der Waals surface area contributed by atoms with E-state index in [1.54, 1.807) is 0 Å². The maximum Gasteiger partial charge on any atom is 0.146 e. The lowest BCUT2D eigenvalue weighted by atomic mass is 10.2. The molecular weight excluding hydrogens is 100 g/mol. The van der Waals surface area contributed by atoms with E-state index in [0.29, 0.717) is 0 Å². The highest BCUT2D eigenvalue weighted by Gasteiger charge is 1.97. The molecule has 0 atom stereocenters. The number of rotatable bonds is 3. The molecule has 0 aliphatic rings. The van der Waals surface area contributed by atoms with Gasteiger partial charge in [0.05, 0.1) is 0 Å². The molecule has 0 bridgehead atoms. The van der Waals surface area contributed by atoms with E-state index in [0.717, 1.165) is 24.3 Å². The van der Waals surface area contributed by atoms with Crippen LogP contribution in [0.5, 0.6) is 0 Å². The smallest absolute Gasteiger partial charge is 0.146 e. The van der Waals surface area contributed by atoms with Crippen LogP contribution in [0.2, 0.25) is 0 Å².